The van der Waals surface area contributed by atoms with Crippen molar-refractivity contribution in [1.82, 2.24) is 5.32 Å². The first-order chi connectivity index (χ1) is 10.2. The van der Waals surface area contributed by atoms with E-state index >= 15 is 0 Å². The van der Waals surface area contributed by atoms with Gasteiger partial charge in [-0.15, -0.1) is 0 Å². The molecule has 0 saturated heterocycles. The predicted octanol–water partition coefficient (Wildman–Crippen LogP) is 2.47. The van der Waals surface area contributed by atoms with Crippen LogP contribution in [0.1, 0.15) is 48.5 Å². The molecular formula is C17H26N2O2. The zero-order valence-corrected chi connectivity index (χ0v) is 12.8. The maximum atomic E-state index is 12.0. The van der Waals surface area contributed by atoms with Crippen LogP contribution in [-0.2, 0) is 11.3 Å². The molecule has 21 heavy (non-hydrogen) atoms. The van der Waals surface area contributed by atoms with Crippen molar-refractivity contribution in [3.8, 4) is 0 Å². The standard InChI is InChI=1S/C17H26N2O2/c1-13-4-2-3-5-16(13)21-11-10-19-17(20)15-8-6-14(12-18)7-9-15/h6-9,13,16H,2-5,10-12,18H2,1H3,(H,19,20). The molecular weight excluding hydrogens is 264 g/mol. The van der Waals surface area contributed by atoms with E-state index in [1.54, 1.807) is 0 Å². The summed E-state index contributed by atoms with van der Waals surface area (Å²) in [5.74, 6) is 0.581. The molecule has 1 aromatic carbocycles. The van der Waals surface area contributed by atoms with E-state index < -0.39 is 0 Å². The van der Waals surface area contributed by atoms with Gasteiger partial charge in [-0.3, -0.25) is 4.79 Å². The van der Waals surface area contributed by atoms with Crippen molar-refractivity contribution < 1.29 is 9.53 Å². The van der Waals surface area contributed by atoms with Crippen LogP contribution in [0, 0.1) is 5.92 Å². The van der Waals surface area contributed by atoms with E-state index in [1.165, 1.54) is 19.3 Å². The zero-order chi connectivity index (χ0) is 15.1. The molecule has 1 aromatic rings. The quantitative estimate of drug-likeness (QED) is 0.791. The van der Waals surface area contributed by atoms with E-state index in [0.717, 1.165) is 12.0 Å². The summed E-state index contributed by atoms with van der Waals surface area (Å²) in [5.41, 5.74) is 7.23. The van der Waals surface area contributed by atoms with Gasteiger partial charge < -0.3 is 15.8 Å². The highest BCUT2D eigenvalue weighted by Crippen LogP contribution is 2.25. The van der Waals surface area contributed by atoms with Gasteiger partial charge in [0.15, 0.2) is 0 Å². The first-order valence-electron chi connectivity index (χ1n) is 7.89. The number of nitrogens with one attached hydrogen (secondary N) is 1. The van der Waals surface area contributed by atoms with Crippen LogP contribution >= 0.6 is 0 Å². The van der Waals surface area contributed by atoms with Crippen molar-refractivity contribution in [1.29, 1.82) is 0 Å². The summed E-state index contributed by atoms with van der Waals surface area (Å²) in [4.78, 5) is 12.0. The Morgan fingerprint density at radius 1 is 1.29 bits per heavy atom. The zero-order valence-electron chi connectivity index (χ0n) is 12.8. The van der Waals surface area contributed by atoms with Crippen molar-refractivity contribution in [2.45, 2.75) is 45.3 Å². The third kappa shape index (κ3) is 4.83. The highest BCUT2D eigenvalue weighted by molar-refractivity contribution is 5.94. The number of carbonyl (C=O) groups excluding carboxylic acids is 1. The molecule has 1 aliphatic rings. The Morgan fingerprint density at radius 2 is 2.00 bits per heavy atom. The van der Waals surface area contributed by atoms with Crippen LogP contribution in [0.2, 0.25) is 0 Å². The van der Waals surface area contributed by atoms with Gasteiger partial charge in [0, 0.05) is 18.7 Å². The van der Waals surface area contributed by atoms with Gasteiger partial charge in [0.2, 0.25) is 0 Å². The average Bonchev–Trinajstić information content (AvgIpc) is 2.53. The lowest BCUT2D eigenvalue weighted by Crippen LogP contribution is -2.31. The van der Waals surface area contributed by atoms with Crippen molar-refractivity contribution >= 4 is 5.91 Å². The first-order valence-corrected chi connectivity index (χ1v) is 7.89. The van der Waals surface area contributed by atoms with Gasteiger partial charge in [-0.25, -0.2) is 0 Å². The molecule has 4 nitrogen and oxygen atoms in total. The lowest BCUT2D eigenvalue weighted by molar-refractivity contribution is -0.00293. The topological polar surface area (TPSA) is 64.3 Å². The molecule has 3 N–H and O–H groups in total. The van der Waals surface area contributed by atoms with Crippen LogP contribution in [-0.4, -0.2) is 25.2 Å². The first kappa shape index (κ1) is 16.0. The summed E-state index contributed by atoms with van der Waals surface area (Å²) in [7, 11) is 0. The summed E-state index contributed by atoms with van der Waals surface area (Å²) >= 11 is 0. The summed E-state index contributed by atoms with van der Waals surface area (Å²) in [6, 6.07) is 7.38. The van der Waals surface area contributed by atoms with Gasteiger partial charge in [0.25, 0.3) is 5.91 Å². The minimum Gasteiger partial charge on any atom is -0.376 e. The van der Waals surface area contributed by atoms with Crippen LogP contribution in [0.3, 0.4) is 0 Å². The predicted molar refractivity (Wildman–Crippen MR) is 84.0 cm³/mol. The number of rotatable bonds is 6. The van der Waals surface area contributed by atoms with Crippen LogP contribution in [0.25, 0.3) is 0 Å². The summed E-state index contributed by atoms with van der Waals surface area (Å²) in [6.07, 6.45) is 5.34. The van der Waals surface area contributed by atoms with Gasteiger partial charge in [0.05, 0.1) is 12.7 Å². The monoisotopic (exact) mass is 290 g/mol. The number of ether oxygens (including phenoxy) is 1. The van der Waals surface area contributed by atoms with Gasteiger partial charge in [-0.1, -0.05) is 31.9 Å². The average molecular weight is 290 g/mol. The summed E-state index contributed by atoms with van der Waals surface area (Å²) in [6.45, 7) is 3.89. The lowest BCUT2D eigenvalue weighted by atomic mass is 9.88. The molecule has 2 rings (SSSR count). The number of benzene rings is 1. The van der Waals surface area contributed by atoms with Crippen LogP contribution < -0.4 is 11.1 Å². The third-order valence-corrected chi connectivity index (χ3v) is 4.20. The molecule has 2 atom stereocenters. The van der Waals surface area contributed by atoms with Crippen LogP contribution in [0.5, 0.6) is 0 Å². The number of hydrogen-bond donors (Lipinski definition) is 2. The number of hydrogen-bond acceptors (Lipinski definition) is 3. The Labute approximate surface area is 127 Å². The van der Waals surface area contributed by atoms with E-state index in [2.05, 4.69) is 12.2 Å². The van der Waals surface area contributed by atoms with E-state index in [-0.39, 0.29) is 5.91 Å². The Balaban J connectivity index is 1.68. The molecule has 0 aliphatic heterocycles. The molecule has 1 amide bonds. The molecule has 1 fully saturated rings. The third-order valence-electron chi connectivity index (χ3n) is 4.20. The normalized spacial score (nSPS) is 22.0. The van der Waals surface area contributed by atoms with Gasteiger partial charge >= 0.3 is 0 Å². The SMILES string of the molecule is CC1CCCCC1OCCNC(=O)c1ccc(CN)cc1. The second kappa shape index (κ2) is 8.15. The molecule has 4 heteroatoms. The second-order valence-corrected chi connectivity index (χ2v) is 5.83. The fourth-order valence-corrected chi connectivity index (χ4v) is 2.80. The highest BCUT2D eigenvalue weighted by atomic mass is 16.5. The molecule has 0 heterocycles. The molecule has 116 valence electrons. The maximum Gasteiger partial charge on any atom is 0.251 e. The Kier molecular flexibility index (Phi) is 6.21. The Morgan fingerprint density at radius 3 is 2.67 bits per heavy atom. The largest absolute Gasteiger partial charge is 0.376 e. The van der Waals surface area contributed by atoms with E-state index in [0.29, 0.717) is 37.3 Å². The maximum absolute atomic E-state index is 12.0. The smallest absolute Gasteiger partial charge is 0.251 e. The number of amides is 1. The molecule has 1 saturated carbocycles. The lowest BCUT2D eigenvalue weighted by Gasteiger charge is -2.28. The minimum absolute atomic E-state index is 0.0566. The molecule has 0 aromatic heterocycles. The molecule has 0 radical (unpaired) electrons. The summed E-state index contributed by atoms with van der Waals surface area (Å²) < 4.78 is 5.89. The van der Waals surface area contributed by atoms with E-state index in [4.69, 9.17) is 10.5 Å². The van der Waals surface area contributed by atoms with E-state index in [1.807, 2.05) is 24.3 Å². The minimum atomic E-state index is -0.0566. The number of carbonyl (C=O) groups is 1. The Bertz CT molecular complexity index is 445. The Hall–Kier alpha value is -1.39. The van der Waals surface area contributed by atoms with Gasteiger partial charge in [-0.2, -0.15) is 0 Å². The van der Waals surface area contributed by atoms with Gasteiger partial charge in [-0.05, 0) is 36.5 Å². The second-order valence-electron chi connectivity index (χ2n) is 5.83. The molecule has 0 bridgehead atoms. The van der Waals surface area contributed by atoms with Crippen LogP contribution in [0.15, 0.2) is 24.3 Å². The van der Waals surface area contributed by atoms with Gasteiger partial charge in [0.1, 0.15) is 0 Å². The van der Waals surface area contributed by atoms with Crippen molar-refractivity contribution in [2.24, 2.45) is 11.7 Å². The fraction of sp³-hybridized carbons (Fsp3) is 0.588. The van der Waals surface area contributed by atoms with Crippen molar-refractivity contribution in [3.63, 3.8) is 0 Å². The molecule has 1 aliphatic carbocycles. The van der Waals surface area contributed by atoms with E-state index in [9.17, 15) is 4.79 Å². The number of nitrogens with two attached hydrogens (primary N) is 1. The summed E-state index contributed by atoms with van der Waals surface area (Å²) in [5, 5.41) is 2.90. The molecule has 0 spiro atoms. The fourth-order valence-electron chi connectivity index (χ4n) is 2.80. The van der Waals surface area contributed by atoms with Crippen molar-refractivity contribution in [2.75, 3.05) is 13.2 Å². The highest BCUT2D eigenvalue weighted by Gasteiger charge is 2.21. The van der Waals surface area contributed by atoms with Crippen LogP contribution in [0.4, 0.5) is 0 Å². The molecule has 2 unspecified atom stereocenters. The van der Waals surface area contributed by atoms with Crippen molar-refractivity contribution in [3.05, 3.63) is 35.4 Å².